The normalized spacial score (nSPS) is 17.6. The summed E-state index contributed by atoms with van der Waals surface area (Å²) < 4.78 is 11.5. The molecule has 0 amide bonds. The molecular weight excluding hydrogens is 360 g/mol. The zero-order valence-corrected chi connectivity index (χ0v) is 18.2. The monoisotopic (exact) mass is 392 g/mol. The van der Waals surface area contributed by atoms with Crippen LogP contribution in [0.5, 0.6) is 11.5 Å². The van der Waals surface area contributed by atoms with Crippen LogP contribution in [0.15, 0.2) is 54.5 Å². The Morgan fingerprint density at radius 2 is 1.86 bits per heavy atom. The van der Waals surface area contributed by atoms with E-state index in [-0.39, 0.29) is 17.3 Å². The molecule has 29 heavy (non-hydrogen) atoms. The fourth-order valence-corrected chi connectivity index (χ4v) is 3.81. The molecule has 1 aliphatic rings. The predicted octanol–water partition coefficient (Wildman–Crippen LogP) is 7.13. The standard InChI is InChI=1S/C26H32O3/c1-6-7-10-19-14-13-18-11-8-9-12-21(18)24(19)25(27)29-23-16-15-20(28-5)17-22(23)26(2,3)4/h8-9,11-17,19,27H,6-7,10H2,1-5H3/b25-24+/t19-/m0/s1. The molecule has 0 saturated heterocycles. The number of aliphatic hydroxyl groups excluding tert-OH is 1. The van der Waals surface area contributed by atoms with Crippen molar-refractivity contribution >= 4 is 11.6 Å². The molecule has 2 aromatic rings. The van der Waals surface area contributed by atoms with E-state index in [2.05, 4.69) is 52.0 Å². The van der Waals surface area contributed by atoms with Gasteiger partial charge >= 0.3 is 0 Å². The molecule has 0 spiro atoms. The highest BCUT2D eigenvalue weighted by Crippen LogP contribution is 2.40. The topological polar surface area (TPSA) is 38.7 Å². The van der Waals surface area contributed by atoms with Crippen molar-refractivity contribution in [3.8, 4) is 11.5 Å². The summed E-state index contributed by atoms with van der Waals surface area (Å²) in [6, 6.07) is 13.9. The van der Waals surface area contributed by atoms with Crippen LogP contribution in [0.25, 0.3) is 11.6 Å². The molecular formula is C26H32O3. The number of hydrogen-bond acceptors (Lipinski definition) is 3. The molecule has 0 aromatic heterocycles. The van der Waals surface area contributed by atoms with Crippen LogP contribution in [0.2, 0.25) is 0 Å². The Morgan fingerprint density at radius 1 is 1.10 bits per heavy atom. The third kappa shape index (κ3) is 4.67. The van der Waals surface area contributed by atoms with Gasteiger partial charge < -0.3 is 14.6 Å². The number of rotatable bonds is 6. The number of hydrogen-bond donors (Lipinski definition) is 1. The lowest BCUT2D eigenvalue weighted by molar-refractivity contribution is 0.205. The lowest BCUT2D eigenvalue weighted by Crippen LogP contribution is -2.16. The van der Waals surface area contributed by atoms with Gasteiger partial charge in [-0.25, -0.2) is 0 Å². The summed E-state index contributed by atoms with van der Waals surface area (Å²) in [5.74, 6) is 1.56. The van der Waals surface area contributed by atoms with Crippen LogP contribution in [-0.2, 0) is 5.41 Å². The zero-order valence-electron chi connectivity index (χ0n) is 18.2. The van der Waals surface area contributed by atoms with Crippen molar-refractivity contribution in [1.82, 2.24) is 0 Å². The van der Waals surface area contributed by atoms with E-state index >= 15 is 0 Å². The van der Waals surface area contributed by atoms with E-state index in [0.717, 1.165) is 47.3 Å². The van der Waals surface area contributed by atoms with E-state index < -0.39 is 0 Å². The van der Waals surface area contributed by atoms with Crippen molar-refractivity contribution in [1.29, 1.82) is 0 Å². The number of unbranched alkanes of at least 4 members (excludes halogenated alkanes) is 1. The van der Waals surface area contributed by atoms with Crippen LogP contribution in [-0.4, -0.2) is 12.2 Å². The highest BCUT2D eigenvalue weighted by molar-refractivity contribution is 5.81. The van der Waals surface area contributed by atoms with E-state index in [9.17, 15) is 5.11 Å². The van der Waals surface area contributed by atoms with Gasteiger partial charge in [0.25, 0.3) is 5.95 Å². The first-order chi connectivity index (χ1) is 13.8. The average molecular weight is 393 g/mol. The minimum atomic E-state index is -0.152. The minimum absolute atomic E-state index is 0.0152. The molecule has 1 atom stereocenters. The number of aliphatic hydroxyl groups is 1. The van der Waals surface area contributed by atoms with Gasteiger partial charge in [0, 0.05) is 17.1 Å². The maximum Gasteiger partial charge on any atom is 0.286 e. The Labute approximate surface area is 174 Å². The van der Waals surface area contributed by atoms with Crippen LogP contribution in [0.4, 0.5) is 0 Å². The van der Waals surface area contributed by atoms with Gasteiger partial charge in [0.15, 0.2) is 0 Å². The summed E-state index contributed by atoms with van der Waals surface area (Å²) in [4.78, 5) is 0. The van der Waals surface area contributed by atoms with Gasteiger partial charge in [-0.2, -0.15) is 0 Å². The molecule has 0 saturated carbocycles. The van der Waals surface area contributed by atoms with Crippen molar-refractivity contribution in [3.05, 3.63) is 71.2 Å². The predicted molar refractivity (Wildman–Crippen MR) is 120 cm³/mol. The van der Waals surface area contributed by atoms with E-state index in [0.29, 0.717) is 5.75 Å². The van der Waals surface area contributed by atoms with Gasteiger partial charge in [0.1, 0.15) is 11.5 Å². The molecule has 0 fully saturated rings. The molecule has 3 rings (SSSR count). The Kier molecular flexibility index (Phi) is 6.36. The summed E-state index contributed by atoms with van der Waals surface area (Å²) in [6.07, 6.45) is 7.54. The van der Waals surface area contributed by atoms with Crippen LogP contribution in [0.3, 0.4) is 0 Å². The van der Waals surface area contributed by atoms with Crippen molar-refractivity contribution in [2.45, 2.75) is 52.4 Å². The zero-order chi connectivity index (χ0) is 21.0. The van der Waals surface area contributed by atoms with Crippen LogP contribution in [0, 0.1) is 5.92 Å². The number of fused-ring (bicyclic) bond motifs is 1. The molecule has 2 aromatic carbocycles. The summed E-state index contributed by atoms with van der Waals surface area (Å²) in [5, 5.41) is 11.2. The van der Waals surface area contributed by atoms with E-state index in [1.807, 2.05) is 30.3 Å². The molecule has 1 N–H and O–H groups in total. The quantitative estimate of drug-likeness (QED) is 0.531. The van der Waals surface area contributed by atoms with Crippen LogP contribution in [0.1, 0.15) is 63.6 Å². The van der Waals surface area contributed by atoms with Gasteiger partial charge in [-0.15, -0.1) is 0 Å². The van der Waals surface area contributed by atoms with Crippen molar-refractivity contribution in [2.24, 2.45) is 5.92 Å². The molecule has 0 radical (unpaired) electrons. The van der Waals surface area contributed by atoms with Crippen LogP contribution >= 0.6 is 0 Å². The second kappa shape index (κ2) is 8.77. The van der Waals surface area contributed by atoms with E-state index in [1.54, 1.807) is 7.11 Å². The molecule has 1 aliphatic carbocycles. The summed E-state index contributed by atoms with van der Waals surface area (Å²) in [5.41, 5.74) is 3.86. The third-order valence-corrected chi connectivity index (χ3v) is 5.43. The van der Waals surface area contributed by atoms with E-state index in [4.69, 9.17) is 9.47 Å². The third-order valence-electron chi connectivity index (χ3n) is 5.43. The lowest BCUT2D eigenvalue weighted by Gasteiger charge is -2.26. The largest absolute Gasteiger partial charge is 0.497 e. The Balaban J connectivity index is 2.06. The fraction of sp³-hybridized carbons (Fsp3) is 0.385. The number of benzene rings is 2. The molecule has 0 heterocycles. The average Bonchev–Trinajstić information content (AvgIpc) is 2.71. The second-order valence-corrected chi connectivity index (χ2v) is 8.63. The first-order valence-corrected chi connectivity index (χ1v) is 10.4. The lowest BCUT2D eigenvalue weighted by atomic mass is 9.82. The Morgan fingerprint density at radius 3 is 2.55 bits per heavy atom. The van der Waals surface area contributed by atoms with Gasteiger partial charge in [0.2, 0.25) is 0 Å². The molecule has 3 heteroatoms. The van der Waals surface area contributed by atoms with Gasteiger partial charge in [0.05, 0.1) is 7.11 Å². The summed E-state index contributed by atoms with van der Waals surface area (Å²) >= 11 is 0. The van der Waals surface area contributed by atoms with Crippen molar-refractivity contribution < 1.29 is 14.6 Å². The SMILES string of the molecule is CCCC[C@H]1C=Cc2ccccc2/C1=C(\O)Oc1ccc(OC)cc1C(C)(C)C. The van der Waals surface area contributed by atoms with Gasteiger partial charge in [-0.05, 0) is 41.2 Å². The first kappa shape index (κ1) is 21.0. The smallest absolute Gasteiger partial charge is 0.286 e. The molecule has 154 valence electrons. The Hall–Kier alpha value is -2.68. The van der Waals surface area contributed by atoms with Crippen molar-refractivity contribution in [2.75, 3.05) is 7.11 Å². The fourth-order valence-electron chi connectivity index (χ4n) is 3.81. The van der Waals surface area contributed by atoms with Crippen LogP contribution < -0.4 is 9.47 Å². The van der Waals surface area contributed by atoms with E-state index in [1.165, 1.54) is 0 Å². The molecule has 0 unspecified atom stereocenters. The number of ether oxygens (including phenoxy) is 2. The van der Waals surface area contributed by atoms with Gasteiger partial charge in [-0.3, -0.25) is 0 Å². The molecule has 0 aliphatic heterocycles. The van der Waals surface area contributed by atoms with Gasteiger partial charge in [-0.1, -0.05) is 77.0 Å². The maximum atomic E-state index is 11.2. The summed E-state index contributed by atoms with van der Waals surface area (Å²) in [7, 11) is 1.66. The maximum absolute atomic E-state index is 11.2. The highest BCUT2D eigenvalue weighted by Gasteiger charge is 2.26. The number of allylic oxidation sites excluding steroid dienone is 2. The minimum Gasteiger partial charge on any atom is -0.497 e. The highest BCUT2D eigenvalue weighted by atomic mass is 16.6. The Bertz CT molecular complexity index is 916. The molecule has 0 bridgehead atoms. The van der Waals surface area contributed by atoms with Crippen molar-refractivity contribution in [3.63, 3.8) is 0 Å². The molecule has 3 nitrogen and oxygen atoms in total. The second-order valence-electron chi connectivity index (χ2n) is 8.63. The number of methoxy groups -OCH3 is 1. The first-order valence-electron chi connectivity index (χ1n) is 10.4. The summed E-state index contributed by atoms with van der Waals surface area (Å²) in [6.45, 7) is 8.57.